The lowest BCUT2D eigenvalue weighted by Gasteiger charge is -2.33. The Labute approximate surface area is 289 Å². The lowest BCUT2D eigenvalue weighted by Crippen LogP contribution is -2.54. The highest BCUT2D eigenvalue weighted by molar-refractivity contribution is 6.07. The first-order valence-electron chi connectivity index (χ1n) is 17.2. The standard InChI is InChI=1S/C37H46F6N2O5/c1-5-11-26-22-29(35(48,36(38,39)40)37(41,42)43)23-27(15-14-25-12-7-6-8-13-25)31(26)49-21-10-9-20-45-32(46)34(4,44-33(45)47)28-16-18-30(19-17-28)50-24(2)3/h14-19,22-25,48H,5-13,20-21H2,1-4H3,(H,44,47)/b15-14+. The number of aliphatic hydroxyl groups is 1. The van der Waals surface area contributed by atoms with Crippen molar-refractivity contribution in [1.82, 2.24) is 10.2 Å². The number of imide groups is 1. The number of amides is 3. The third-order valence-electron chi connectivity index (χ3n) is 9.25. The smallest absolute Gasteiger partial charge is 0.430 e. The summed E-state index contributed by atoms with van der Waals surface area (Å²) in [5, 5.41) is 13.0. The van der Waals surface area contributed by atoms with Crippen molar-refractivity contribution in [1.29, 1.82) is 0 Å². The average Bonchev–Trinajstić information content (AvgIpc) is 3.26. The maximum absolute atomic E-state index is 13.9. The monoisotopic (exact) mass is 712 g/mol. The van der Waals surface area contributed by atoms with Crippen molar-refractivity contribution in [2.75, 3.05) is 13.2 Å². The van der Waals surface area contributed by atoms with Crippen molar-refractivity contribution in [2.24, 2.45) is 5.92 Å². The molecule has 0 aromatic heterocycles. The number of carbonyl (C=O) groups is 2. The number of hydrogen-bond acceptors (Lipinski definition) is 5. The molecule has 0 radical (unpaired) electrons. The summed E-state index contributed by atoms with van der Waals surface area (Å²) in [4.78, 5) is 27.3. The fraction of sp³-hybridized carbons (Fsp3) is 0.568. The van der Waals surface area contributed by atoms with Crippen LogP contribution in [-0.2, 0) is 22.4 Å². The Morgan fingerprint density at radius 3 is 2.22 bits per heavy atom. The van der Waals surface area contributed by atoms with Gasteiger partial charge in [-0.2, -0.15) is 26.3 Å². The van der Waals surface area contributed by atoms with Gasteiger partial charge in [0.25, 0.3) is 11.5 Å². The Bertz CT molecular complexity index is 1500. The third kappa shape index (κ3) is 8.41. The lowest BCUT2D eigenvalue weighted by atomic mass is 9.86. The highest BCUT2D eigenvalue weighted by Gasteiger charge is 2.71. The first-order chi connectivity index (χ1) is 23.4. The molecular formula is C37H46F6N2O5. The summed E-state index contributed by atoms with van der Waals surface area (Å²) < 4.78 is 95.1. The molecule has 0 spiro atoms. The van der Waals surface area contributed by atoms with Gasteiger partial charge in [-0.15, -0.1) is 0 Å². The number of unbranched alkanes of at least 4 members (excludes halogenated alkanes) is 1. The van der Waals surface area contributed by atoms with Gasteiger partial charge >= 0.3 is 18.4 Å². The number of nitrogens with zero attached hydrogens (tertiary/aromatic N) is 1. The molecule has 7 nitrogen and oxygen atoms in total. The van der Waals surface area contributed by atoms with Crippen molar-refractivity contribution in [3.8, 4) is 11.5 Å². The SMILES string of the molecule is CCCc1cc(C(O)(C(F)(F)F)C(F)(F)F)cc(/C=C/C2CCCCC2)c1OCCCCN1C(=O)NC(C)(c2ccc(OC(C)C)cc2)C1=O. The van der Waals surface area contributed by atoms with Crippen molar-refractivity contribution < 1.29 is 50.5 Å². The summed E-state index contributed by atoms with van der Waals surface area (Å²) in [5.41, 5.74) is -6.97. The number of nitrogens with one attached hydrogen (secondary N) is 1. The van der Waals surface area contributed by atoms with Crippen LogP contribution in [0.25, 0.3) is 6.08 Å². The molecule has 50 heavy (non-hydrogen) atoms. The van der Waals surface area contributed by atoms with Crippen LogP contribution in [0.1, 0.15) is 101 Å². The van der Waals surface area contributed by atoms with E-state index in [9.17, 15) is 41.0 Å². The van der Waals surface area contributed by atoms with Crippen LogP contribution in [0.15, 0.2) is 42.5 Å². The number of benzene rings is 2. The number of ether oxygens (including phenoxy) is 2. The molecule has 276 valence electrons. The fourth-order valence-electron chi connectivity index (χ4n) is 6.51. The van der Waals surface area contributed by atoms with Gasteiger partial charge in [0.1, 0.15) is 17.0 Å². The number of rotatable bonds is 14. The first kappa shape index (κ1) is 39.1. The van der Waals surface area contributed by atoms with Gasteiger partial charge in [0.2, 0.25) is 0 Å². The largest absolute Gasteiger partial charge is 0.493 e. The Morgan fingerprint density at radius 2 is 1.64 bits per heavy atom. The third-order valence-corrected chi connectivity index (χ3v) is 9.25. The zero-order chi connectivity index (χ0) is 36.9. The van der Waals surface area contributed by atoms with Gasteiger partial charge in [0, 0.05) is 17.7 Å². The summed E-state index contributed by atoms with van der Waals surface area (Å²) in [5.74, 6) is 0.447. The molecule has 2 aromatic rings. The fourth-order valence-corrected chi connectivity index (χ4v) is 6.51. The Balaban J connectivity index is 1.52. The minimum atomic E-state index is -6.03. The summed E-state index contributed by atoms with van der Waals surface area (Å²) in [6.07, 6.45) is -2.95. The summed E-state index contributed by atoms with van der Waals surface area (Å²) in [7, 11) is 0. The molecule has 1 unspecified atom stereocenters. The average molecular weight is 713 g/mol. The second kappa shape index (κ2) is 15.7. The van der Waals surface area contributed by atoms with Gasteiger partial charge in [-0.1, -0.05) is 56.9 Å². The van der Waals surface area contributed by atoms with Gasteiger partial charge < -0.3 is 19.9 Å². The van der Waals surface area contributed by atoms with E-state index in [1.165, 1.54) is 6.08 Å². The minimum absolute atomic E-state index is 0.0122. The van der Waals surface area contributed by atoms with Crippen molar-refractivity contribution in [2.45, 2.75) is 115 Å². The quantitative estimate of drug-likeness (QED) is 0.116. The second-order valence-electron chi connectivity index (χ2n) is 13.5. The first-order valence-corrected chi connectivity index (χ1v) is 17.2. The molecule has 1 aliphatic carbocycles. The predicted octanol–water partition coefficient (Wildman–Crippen LogP) is 8.96. The molecule has 3 amide bonds. The Kier molecular flexibility index (Phi) is 12.2. The molecule has 1 atom stereocenters. The maximum atomic E-state index is 13.9. The molecule has 0 bridgehead atoms. The number of hydrogen-bond donors (Lipinski definition) is 2. The van der Waals surface area contributed by atoms with Crippen molar-refractivity contribution >= 4 is 18.0 Å². The van der Waals surface area contributed by atoms with E-state index in [2.05, 4.69) is 5.32 Å². The topological polar surface area (TPSA) is 88.1 Å². The molecule has 2 fully saturated rings. The van der Waals surface area contributed by atoms with E-state index in [-0.39, 0.29) is 48.5 Å². The van der Waals surface area contributed by atoms with Crippen LogP contribution in [-0.4, -0.2) is 53.6 Å². The zero-order valence-electron chi connectivity index (χ0n) is 28.8. The van der Waals surface area contributed by atoms with Gasteiger partial charge in [-0.05, 0) is 94.2 Å². The van der Waals surface area contributed by atoms with Gasteiger partial charge in [0.15, 0.2) is 0 Å². The van der Waals surface area contributed by atoms with Crippen molar-refractivity contribution in [3.63, 3.8) is 0 Å². The van der Waals surface area contributed by atoms with E-state index in [1.54, 1.807) is 44.2 Å². The molecule has 1 heterocycles. The van der Waals surface area contributed by atoms with Gasteiger partial charge in [-0.25, -0.2) is 4.79 Å². The van der Waals surface area contributed by atoms with Crippen LogP contribution in [0.4, 0.5) is 31.1 Å². The molecule has 2 aliphatic rings. The second-order valence-corrected chi connectivity index (χ2v) is 13.5. The molecule has 1 saturated carbocycles. The van der Waals surface area contributed by atoms with Crippen LogP contribution in [0.5, 0.6) is 11.5 Å². The van der Waals surface area contributed by atoms with Crippen LogP contribution in [0, 0.1) is 5.92 Å². The summed E-state index contributed by atoms with van der Waals surface area (Å²) in [6, 6.07) is 7.78. The molecule has 13 heteroatoms. The van der Waals surface area contributed by atoms with E-state index in [0.29, 0.717) is 36.6 Å². The Hall–Kier alpha value is -3.74. The number of allylic oxidation sites excluding steroid dienone is 1. The number of carbonyl (C=O) groups excluding carboxylic acids is 2. The Morgan fingerprint density at radius 1 is 1.00 bits per heavy atom. The van der Waals surface area contributed by atoms with E-state index in [0.717, 1.165) is 43.1 Å². The number of aryl methyl sites for hydroxylation is 1. The molecule has 1 aliphatic heterocycles. The normalized spacial score (nSPS) is 19.5. The number of alkyl halides is 6. The molecule has 1 saturated heterocycles. The maximum Gasteiger partial charge on any atom is 0.430 e. The van der Waals surface area contributed by atoms with Crippen LogP contribution in [0.2, 0.25) is 0 Å². The highest BCUT2D eigenvalue weighted by atomic mass is 19.4. The van der Waals surface area contributed by atoms with Crippen LogP contribution >= 0.6 is 0 Å². The van der Waals surface area contributed by atoms with E-state index in [1.807, 2.05) is 13.8 Å². The number of halogens is 6. The van der Waals surface area contributed by atoms with E-state index >= 15 is 0 Å². The molecular weight excluding hydrogens is 666 g/mol. The lowest BCUT2D eigenvalue weighted by molar-refractivity contribution is -0.376. The van der Waals surface area contributed by atoms with E-state index in [4.69, 9.17) is 9.47 Å². The van der Waals surface area contributed by atoms with E-state index < -0.39 is 41.0 Å². The van der Waals surface area contributed by atoms with Crippen LogP contribution < -0.4 is 14.8 Å². The zero-order valence-corrected chi connectivity index (χ0v) is 28.8. The molecule has 2 N–H and O–H groups in total. The summed E-state index contributed by atoms with van der Waals surface area (Å²) >= 11 is 0. The molecule has 2 aromatic carbocycles. The van der Waals surface area contributed by atoms with Gasteiger partial charge in [0.05, 0.1) is 12.7 Å². The van der Waals surface area contributed by atoms with Gasteiger partial charge in [-0.3, -0.25) is 9.69 Å². The van der Waals surface area contributed by atoms with Crippen molar-refractivity contribution in [3.05, 3.63) is 64.7 Å². The van der Waals surface area contributed by atoms with Crippen LogP contribution in [0.3, 0.4) is 0 Å². The minimum Gasteiger partial charge on any atom is -0.493 e. The highest BCUT2D eigenvalue weighted by Crippen LogP contribution is 2.51. The molecule has 4 rings (SSSR count). The summed E-state index contributed by atoms with van der Waals surface area (Å²) in [6.45, 7) is 7.22. The number of urea groups is 1. The predicted molar refractivity (Wildman–Crippen MR) is 177 cm³/mol.